The van der Waals surface area contributed by atoms with Gasteiger partial charge in [0.25, 0.3) is 5.91 Å². The van der Waals surface area contributed by atoms with Gasteiger partial charge in [-0.05, 0) is 23.8 Å². The molecule has 1 aromatic carbocycles. The van der Waals surface area contributed by atoms with Crippen LogP contribution >= 0.6 is 22.7 Å². The van der Waals surface area contributed by atoms with E-state index in [1.807, 2.05) is 46.3 Å². The molecule has 3 aromatic heterocycles. The number of rotatable bonds is 4. The smallest absolute Gasteiger partial charge is 0.265 e. The van der Waals surface area contributed by atoms with Crippen molar-refractivity contribution in [2.45, 2.75) is 6.61 Å². The number of ether oxygens (including phenoxy) is 1. The third-order valence-electron chi connectivity index (χ3n) is 3.46. The Labute approximate surface area is 140 Å². The lowest BCUT2D eigenvalue weighted by Gasteiger charge is -2.06. The number of methoxy groups -OCH3 is 1. The summed E-state index contributed by atoms with van der Waals surface area (Å²) in [7, 11) is 1.65. The zero-order valence-corrected chi connectivity index (χ0v) is 13.9. The van der Waals surface area contributed by atoms with Crippen molar-refractivity contribution in [3.8, 4) is 0 Å². The summed E-state index contributed by atoms with van der Waals surface area (Å²) in [6.45, 7) is 0.521. The van der Waals surface area contributed by atoms with E-state index in [4.69, 9.17) is 4.74 Å². The molecule has 3 heterocycles. The van der Waals surface area contributed by atoms with Gasteiger partial charge in [-0.25, -0.2) is 4.98 Å². The zero-order valence-electron chi connectivity index (χ0n) is 12.3. The average Bonchev–Trinajstić information content (AvgIpc) is 3.19. The van der Waals surface area contributed by atoms with Crippen molar-refractivity contribution < 1.29 is 9.53 Å². The van der Waals surface area contributed by atoms with Crippen molar-refractivity contribution in [3.05, 3.63) is 52.3 Å². The molecule has 23 heavy (non-hydrogen) atoms. The largest absolute Gasteiger partial charge is 0.380 e. The van der Waals surface area contributed by atoms with Crippen LogP contribution in [-0.4, -0.2) is 22.4 Å². The summed E-state index contributed by atoms with van der Waals surface area (Å²) in [5, 5.41) is 4.92. The van der Waals surface area contributed by atoms with Crippen LogP contribution in [0.4, 0.5) is 5.69 Å². The predicted molar refractivity (Wildman–Crippen MR) is 93.6 cm³/mol. The maximum absolute atomic E-state index is 12.5. The minimum atomic E-state index is -0.119. The second-order valence-corrected chi connectivity index (χ2v) is 6.96. The minimum Gasteiger partial charge on any atom is -0.380 e. The molecule has 0 unspecified atom stereocenters. The van der Waals surface area contributed by atoms with E-state index >= 15 is 0 Å². The van der Waals surface area contributed by atoms with Crippen molar-refractivity contribution in [2.75, 3.05) is 12.4 Å². The summed E-state index contributed by atoms with van der Waals surface area (Å²) < 4.78 is 7.12. The van der Waals surface area contributed by atoms with Crippen LogP contribution < -0.4 is 5.32 Å². The minimum absolute atomic E-state index is 0.119. The Hall–Kier alpha value is -2.22. The molecular formula is C16H13N3O2S2. The highest BCUT2D eigenvalue weighted by molar-refractivity contribution is 7.21. The fraction of sp³-hybridized carbons (Fsp3) is 0.125. The summed E-state index contributed by atoms with van der Waals surface area (Å²) in [5.41, 5.74) is 2.76. The van der Waals surface area contributed by atoms with E-state index in [1.165, 1.54) is 11.3 Å². The molecule has 4 rings (SSSR count). The van der Waals surface area contributed by atoms with Gasteiger partial charge in [-0.1, -0.05) is 12.1 Å². The van der Waals surface area contributed by atoms with Crippen molar-refractivity contribution in [1.29, 1.82) is 0 Å². The van der Waals surface area contributed by atoms with Gasteiger partial charge in [0.1, 0.15) is 4.83 Å². The highest BCUT2D eigenvalue weighted by Gasteiger charge is 2.15. The lowest BCUT2D eigenvalue weighted by atomic mass is 10.2. The fourth-order valence-corrected chi connectivity index (χ4v) is 4.15. The molecule has 4 aromatic rings. The first-order valence-electron chi connectivity index (χ1n) is 6.99. The Morgan fingerprint density at radius 1 is 1.39 bits per heavy atom. The van der Waals surface area contributed by atoms with E-state index in [9.17, 15) is 4.79 Å². The first-order chi connectivity index (χ1) is 11.2. The van der Waals surface area contributed by atoms with Gasteiger partial charge in [-0.2, -0.15) is 0 Å². The number of aromatic nitrogens is 2. The third-order valence-corrected chi connectivity index (χ3v) is 5.23. The van der Waals surface area contributed by atoms with E-state index < -0.39 is 0 Å². The number of carbonyl (C=O) groups is 1. The maximum atomic E-state index is 12.5. The van der Waals surface area contributed by atoms with Gasteiger partial charge in [0.05, 0.1) is 17.0 Å². The monoisotopic (exact) mass is 343 g/mol. The number of imidazole rings is 1. The molecule has 0 fully saturated rings. The second-order valence-electron chi connectivity index (χ2n) is 5.06. The fourth-order valence-electron chi connectivity index (χ4n) is 2.46. The van der Waals surface area contributed by atoms with Crippen molar-refractivity contribution in [3.63, 3.8) is 0 Å². The molecule has 0 saturated carbocycles. The van der Waals surface area contributed by atoms with Gasteiger partial charge in [0.2, 0.25) is 0 Å². The van der Waals surface area contributed by atoms with Crippen LogP contribution in [0.1, 0.15) is 15.2 Å². The van der Waals surface area contributed by atoms with E-state index in [2.05, 4.69) is 10.3 Å². The molecule has 7 heteroatoms. The number of nitrogens with zero attached hydrogens (tertiary/aromatic N) is 2. The molecular weight excluding hydrogens is 330 g/mol. The highest BCUT2D eigenvalue weighted by atomic mass is 32.1. The Balaban J connectivity index is 1.61. The topological polar surface area (TPSA) is 55.6 Å². The van der Waals surface area contributed by atoms with Crippen LogP contribution in [0.15, 0.2) is 41.9 Å². The number of thiophene rings is 1. The molecule has 1 N–H and O–H groups in total. The summed E-state index contributed by atoms with van der Waals surface area (Å²) in [5.74, 6) is -0.119. The Bertz CT molecular complexity index is 999. The summed E-state index contributed by atoms with van der Waals surface area (Å²) in [6.07, 6.45) is 1.97. The van der Waals surface area contributed by atoms with Crippen LogP contribution in [-0.2, 0) is 11.3 Å². The van der Waals surface area contributed by atoms with Crippen LogP contribution in [0.5, 0.6) is 0 Å². The van der Waals surface area contributed by atoms with Crippen LogP contribution in [0.2, 0.25) is 0 Å². The summed E-state index contributed by atoms with van der Waals surface area (Å²) in [4.78, 5) is 19.5. The number of carbonyl (C=O) groups excluding carboxylic acids is 1. The number of anilines is 1. The van der Waals surface area contributed by atoms with Gasteiger partial charge in [0, 0.05) is 24.4 Å². The van der Waals surface area contributed by atoms with Gasteiger partial charge in [-0.15, -0.1) is 22.7 Å². The van der Waals surface area contributed by atoms with Crippen molar-refractivity contribution >= 4 is 49.6 Å². The number of thiazole rings is 1. The quantitative estimate of drug-likeness (QED) is 0.609. The predicted octanol–water partition coefficient (Wildman–Crippen LogP) is 4.01. The molecule has 0 spiro atoms. The van der Waals surface area contributed by atoms with Gasteiger partial charge >= 0.3 is 0 Å². The molecule has 116 valence electrons. The first-order valence-corrected chi connectivity index (χ1v) is 8.68. The number of hydrogen-bond acceptors (Lipinski definition) is 5. The maximum Gasteiger partial charge on any atom is 0.265 e. The summed E-state index contributed by atoms with van der Waals surface area (Å²) >= 11 is 2.99. The zero-order chi connectivity index (χ0) is 15.8. The van der Waals surface area contributed by atoms with E-state index in [0.29, 0.717) is 11.5 Å². The van der Waals surface area contributed by atoms with Crippen LogP contribution in [0.25, 0.3) is 15.3 Å². The highest BCUT2D eigenvalue weighted by Crippen LogP contribution is 2.28. The lowest BCUT2D eigenvalue weighted by Crippen LogP contribution is -2.10. The second kappa shape index (κ2) is 5.77. The van der Waals surface area contributed by atoms with Gasteiger partial charge in [0.15, 0.2) is 4.96 Å². The van der Waals surface area contributed by atoms with Crippen LogP contribution in [0, 0.1) is 0 Å². The van der Waals surface area contributed by atoms with Crippen molar-refractivity contribution in [2.24, 2.45) is 0 Å². The molecule has 0 aliphatic rings. The normalized spacial score (nSPS) is 11.3. The van der Waals surface area contributed by atoms with E-state index in [1.54, 1.807) is 18.4 Å². The molecule has 0 atom stereocenters. The van der Waals surface area contributed by atoms with E-state index in [-0.39, 0.29) is 5.91 Å². The number of amides is 1. The lowest BCUT2D eigenvalue weighted by molar-refractivity contribution is 0.103. The van der Waals surface area contributed by atoms with Crippen molar-refractivity contribution in [1.82, 2.24) is 9.38 Å². The molecule has 0 bridgehead atoms. The molecule has 0 radical (unpaired) electrons. The third kappa shape index (κ3) is 2.63. The Morgan fingerprint density at radius 2 is 2.30 bits per heavy atom. The number of nitrogens with one attached hydrogen (secondary N) is 1. The SMILES string of the molecule is COCc1cccc(NC(=O)c2cc3c(nc4sccn43)s2)c1. The van der Waals surface area contributed by atoms with Crippen LogP contribution in [0.3, 0.4) is 0 Å². The Kier molecular flexibility index (Phi) is 3.60. The molecule has 0 aliphatic carbocycles. The van der Waals surface area contributed by atoms with Gasteiger partial charge < -0.3 is 10.1 Å². The molecule has 0 saturated heterocycles. The molecule has 1 amide bonds. The Morgan fingerprint density at radius 3 is 3.17 bits per heavy atom. The number of benzene rings is 1. The average molecular weight is 343 g/mol. The van der Waals surface area contributed by atoms with Gasteiger partial charge in [-0.3, -0.25) is 9.20 Å². The van der Waals surface area contributed by atoms with E-state index in [0.717, 1.165) is 26.6 Å². The number of hydrogen-bond donors (Lipinski definition) is 1. The standard InChI is InChI=1S/C16H13N3O2S2/c1-21-9-10-3-2-4-11(7-10)17-14(20)13-8-12-15(23-13)18-16-19(12)5-6-22-16/h2-8H,9H2,1H3,(H,17,20). The molecule has 0 aliphatic heterocycles. The first kappa shape index (κ1) is 14.4. The molecule has 5 nitrogen and oxygen atoms in total. The summed E-state index contributed by atoms with van der Waals surface area (Å²) in [6, 6.07) is 9.54. The number of fused-ring (bicyclic) bond motifs is 3.